The van der Waals surface area contributed by atoms with Crippen LogP contribution in [0.5, 0.6) is 0 Å². The van der Waals surface area contributed by atoms with Crippen LogP contribution in [0, 0.1) is 0 Å². The fourth-order valence-corrected chi connectivity index (χ4v) is 4.09. The van der Waals surface area contributed by atoms with Gasteiger partial charge in [0, 0.05) is 31.5 Å². The summed E-state index contributed by atoms with van der Waals surface area (Å²) in [5.74, 6) is 0. The molecule has 3 rings (SSSR count). The fourth-order valence-electron chi connectivity index (χ4n) is 3.05. The zero-order chi connectivity index (χ0) is 16.1. The number of likely N-dealkylation sites (tertiary alicyclic amines) is 1. The van der Waals surface area contributed by atoms with Gasteiger partial charge >= 0.3 is 0 Å². The summed E-state index contributed by atoms with van der Waals surface area (Å²) >= 11 is 0. The highest BCUT2D eigenvalue weighted by atomic mass is 32.2. The first kappa shape index (κ1) is 16.1. The molecule has 5 nitrogen and oxygen atoms in total. The van der Waals surface area contributed by atoms with Gasteiger partial charge in [-0.05, 0) is 43.1 Å². The van der Waals surface area contributed by atoms with E-state index >= 15 is 0 Å². The largest absolute Gasteiger partial charge is 0.295 e. The summed E-state index contributed by atoms with van der Waals surface area (Å²) in [6.45, 7) is 2.10. The predicted octanol–water partition coefficient (Wildman–Crippen LogP) is 2.20. The molecular weight excluding hydrogens is 310 g/mol. The van der Waals surface area contributed by atoms with Crippen LogP contribution >= 0.6 is 0 Å². The Morgan fingerprint density at radius 3 is 2.74 bits per heavy atom. The van der Waals surface area contributed by atoms with Crippen molar-refractivity contribution in [3.63, 3.8) is 0 Å². The van der Waals surface area contributed by atoms with Crippen LogP contribution in [0.2, 0.25) is 0 Å². The van der Waals surface area contributed by atoms with Crippen molar-refractivity contribution in [1.82, 2.24) is 14.6 Å². The van der Waals surface area contributed by atoms with E-state index in [1.807, 2.05) is 18.3 Å². The topological polar surface area (TPSA) is 62.3 Å². The van der Waals surface area contributed by atoms with Crippen LogP contribution in [0.25, 0.3) is 0 Å². The molecule has 1 atom stereocenters. The number of sulfonamides is 1. The highest BCUT2D eigenvalue weighted by molar-refractivity contribution is 7.89. The van der Waals surface area contributed by atoms with Crippen LogP contribution in [0.1, 0.15) is 24.4 Å². The van der Waals surface area contributed by atoms with Crippen LogP contribution in [0.15, 0.2) is 59.8 Å². The lowest BCUT2D eigenvalue weighted by molar-refractivity contribution is 0.261. The van der Waals surface area contributed by atoms with Gasteiger partial charge in [0.15, 0.2) is 0 Å². The smallest absolute Gasteiger partial charge is 0.240 e. The molecule has 1 aromatic heterocycles. The van der Waals surface area contributed by atoms with Gasteiger partial charge in [-0.25, -0.2) is 13.1 Å². The van der Waals surface area contributed by atoms with Crippen molar-refractivity contribution in [2.45, 2.75) is 23.8 Å². The van der Waals surface area contributed by atoms with Gasteiger partial charge in [0.05, 0.1) is 4.90 Å². The van der Waals surface area contributed by atoms with Crippen molar-refractivity contribution in [3.05, 3.63) is 60.4 Å². The lowest BCUT2D eigenvalue weighted by Gasteiger charge is -2.24. The molecule has 0 amide bonds. The molecule has 1 aromatic carbocycles. The number of nitrogens with one attached hydrogen (secondary N) is 1. The van der Waals surface area contributed by atoms with Gasteiger partial charge in [0.25, 0.3) is 0 Å². The minimum Gasteiger partial charge on any atom is -0.295 e. The van der Waals surface area contributed by atoms with E-state index in [1.165, 1.54) is 5.56 Å². The molecule has 122 valence electrons. The first-order valence-corrected chi connectivity index (χ1v) is 9.34. The molecule has 2 heterocycles. The van der Waals surface area contributed by atoms with E-state index in [2.05, 4.69) is 20.7 Å². The van der Waals surface area contributed by atoms with Crippen molar-refractivity contribution in [2.75, 3.05) is 19.6 Å². The molecular formula is C17H21N3O2S. The Bertz CT molecular complexity index is 720. The van der Waals surface area contributed by atoms with Crippen molar-refractivity contribution >= 4 is 10.0 Å². The number of nitrogens with zero attached hydrogens (tertiary/aromatic N) is 2. The number of pyridine rings is 1. The third kappa shape index (κ3) is 3.96. The van der Waals surface area contributed by atoms with Crippen molar-refractivity contribution in [3.8, 4) is 0 Å². The van der Waals surface area contributed by atoms with E-state index in [9.17, 15) is 8.42 Å². The summed E-state index contributed by atoms with van der Waals surface area (Å²) in [5, 5.41) is 0. The SMILES string of the molecule is O=S(=O)(NCCN1CCCC1c1cccnc1)c1ccccc1. The molecule has 1 fully saturated rings. The van der Waals surface area contributed by atoms with Gasteiger partial charge in [0.2, 0.25) is 10.0 Å². The first-order chi connectivity index (χ1) is 11.2. The molecule has 1 saturated heterocycles. The van der Waals surface area contributed by atoms with E-state index in [-0.39, 0.29) is 0 Å². The number of aromatic nitrogens is 1. The van der Waals surface area contributed by atoms with E-state index < -0.39 is 10.0 Å². The summed E-state index contributed by atoms with van der Waals surface area (Å²) < 4.78 is 27.1. The predicted molar refractivity (Wildman–Crippen MR) is 89.4 cm³/mol. The van der Waals surface area contributed by atoms with Gasteiger partial charge in [0.1, 0.15) is 0 Å². The molecule has 1 aliphatic heterocycles. The molecule has 0 saturated carbocycles. The summed E-state index contributed by atoms with van der Waals surface area (Å²) in [7, 11) is -3.42. The van der Waals surface area contributed by atoms with Gasteiger partial charge < -0.3 is 0 Å². The molecule has 0 radical (unpaired) electrons. The third-order valence-corrected chi connectivity index (χ3v) is 5.65. The fraction of sp³-hybridized carbons (Fsp3) is 0.353. The summed E-state index contributed by atoms with van der Waals surface area (Å²) in [6, 6.07) is 12.9. The second kappa shape index (κ2) is 7.21. The van der Waals surface area contributed by atoms with Crippen molar-refractivity contribution < 1.29 is 8.42 Å². The average molecular weight is 331 g/mol. The average Bonchev–Trinajstić information content (AvgIpc) is 3.05. The highest BCUT2D eigenvalue weighted by Gasteiger charge is 2.26. The van der Waals surface area contributed by atoms with E-state index in [0.717, 1.165) is 19.4 Å². The Morgan fingerprint density at radius 2 is 2.00 bits per heavy atom. The Morgan fingerprint density at radius 1 is 1.17 bits per heavy atom. The molecule has 1 unspecified atom stereocenters. The standard InChI is InChI=1S/C17H21N3O2S/c21-23(22,16-7-2-1-3-8-16)19-11-13-20-12-5-9-17(20)15-6-4-10-18-14-15/h1-4,6-8,10,14,17,19H,5,9,11-13H2. The van der Waals surface area contributed by atoms with Crippen LogP contribution in [0.4, 0.5) is 0 Å². The maximum Gasteiger partial charge on any atom is 0.240 e. The lowest BCUT2D eigenvalue weighted by Crippen LogP contribution is -2.34. The third-order valence-electron chi connectivity index (χ3n) is 4.18. The van der Waals surface area contributed by atoms with Gasteiger partial charge in [-0.15, -0.1) is 0 Å². The molecule has 1 aliphatic rings. The minimum absolute atomic E-state index is 0.310. The number of rotatable bonds is 6. The van der Waals surface area contributed by atoms with E-state index in [1.54, 1.807) is 30.5 Å². The number of hydrogen-bond acceptors (Lipinski definition) is 4. The van der Waals surface area contributed by atoms with Gasteiger partial charge in [-0.1, -0.05) is 24.3 Å². The zero-order valence-corrected chi connectivity index (χ0v) is 13.7. The molecule has 2 aromatic rings. The minimum atomic E-state index is -3.42. The summed E-state index contributed by atoms with van der Waals surface area (Å²) in [6.07, 6.45) is 5.90. The summed E-state index contributed by atoms with van der Waals surface area (Å²) in [5.41, 5.74) is 1.20. The normalized spacial score (nSPS) is 19.0. The van der Waals surface area contributed by atoms with Crippen LogP contribution in [-0.2, 0) is 10.0 Å². The van der Waals surface area contributed by atoms with E-state index in [4.69, 9.17) is 0 Å². The van der Waals surface area contributed by atoms with Crippen LogP contribution < -0.4 is 4.72 Å². The number of benzene rings is 1. The lowest BCUT2D eigenvalue weighted by atomic mass is 10.1. The molecule has 0 bridgehead atoms. The highest BCUT2D eigenvalue weighted by Crippen LogP contribution is 2.30. The van der Waals surface area contributed by atoms with Gasteiger partial charge in [-0.3, -0.25) is 9.88 Å². The van der Waals surface area contributed by atoms with Crippen LogP contribution in [-0.4, -0.2) is 37.9 Å². The zero-order valence-electron chi connectivity index (χ0n) is 12.9. The first-order valence-electron chi connectivity index (χ1n) is 7.85. The Kier molecular flexibility index (Phi) is 5.05. The quantitative estimate of drug-likeness (QED) is 0.881. The second-order valence-electron chi connectivity index (χ2n) is 5.69. The van der Waals surface area contributed by atoms with Crippen molar-refractivity contribution in [2.24, 2.45) is 0 Å². The van der Waals surface area contributed by atoms with E-state index in [0.29, 0.717) is 24.0 Å². The monoisotopic (exact) mass is 331 g/mol. The Balaban J connectivity index is 1.58. The van der Waals surface area contributed by atoms with Gasteiger partial charge in [-0.2, -0.15) is 0 Å². The molecule has 23 heavy (non-hydrogen) atoms. The molecule has 0 spiro atoms. The Hall–Kier alpha value is -1.76. The van der Waals surface area contributed by atoms with Crippen molar-refractivity contribution in [1.29, 1.82) is 0 Å². The molecule has 6 heteroatoms. The number of hydrogen-bond donors (Lipinski definition) is 1. The summed E-state index contributed by atoms with van der Waals surface area (Å²) in [4.78, 5) is 6.82. The van der Waals surface area contributed by atoms with Crippen LogP contribution in [0.3, 0.4) is 0 Å². The maximum atomic E-state index is 12.2. The maximum absolute atomic E-state index is 12.2. The molecule has 1 N–H and O–H groups in total. The second-order valence-corrected chi connectivity index (χ2v) is 7.46. The Labute approximate surface area is 137 Å². The molecule has 0 aliphatic carbocycles.